The Balaban J connectivity index is 1.64. The summed E-state index contributed by atoms with van der Waals surface area (Å²) in [5, 5.41) is 6.22. The highest BCUT2D eigenvalue weighted by Gasteiger charge is 2.10. The zero-order chi connectivity index (χ0) is 16.1. The standard InChI is InChI=1S/C18H20N2O3/c1-22-16-5-2-13(3-6-16)10-18(21)20-15-4-7-17-14(11-15)12-19-8-9-23-17/h2-7,11,19H,8-10,12H2,1H3,(H,20,21). The number of anilines is 1. The molecule has 0 saturated heterocycles. The van der Waals surface area contributed by atoms with E-state index in [0.717, 1.165) is 41.4 Å². The van der Waals surface area contributed by atoms with Gasteiger partial charge in [0.1, 0.15) is 18.1 Å². The number of fused-ring (bicyclic) bond motifs is 1. The summed E-state index contributed by atoms with van der Waals surface area (Å²) in [6.07, 6.45) is 0.329. The molecule has 0 saturated carbocycles. The Hall–Kier alpha value is -2.53. The van der Waals surface area contributed by atoms with Crippen molar-refractivity contribution in [3.8, 4) is 11.5 Å². The zero-order valence-corrected chi connectivity index (χ0v) is 13.1. The molecule has 0 fully saturated rings. The van der Waals surface area contributed by atoms with Crippen molar-refractivity contribution >= 4 is 11.6 Å². The van der Waals surface area contributed by atoms with Gasteiger partial charge in [0.15, 0.2) is 0 Å². The SMILES string of the molecule is COc1ccc(CC(=O)Nc2ccc3c(c2)CNCCO3)cc1. The molecule has 23 heavy (non-hydrogen) atoms. The van der Waals surface area contributed by atoms with Crippen molar-refractivity contribution in [1.82, 2.24) is 5.32 Å². The quantitative estimate of drug-likeness (QED) is 0.910. The molecule has 1 aliphatic heterocycles. The molecule has 0 radical (unpaired) electrons. The smallest absolute Gasteiger partial charge is 0.228 e. The molecule has 1 aliphatic rings. The van der Waals surface area contributed by atoms with Crippen LogP contribution in [0.3, 0.4) is 0 Å². The van der Waals surface area contributed by atoms with Gasteiger partial charge >= 0.3 is 0 Å². The van der Waals surface area contributed by atoms with E-state index in [-0.39, 0.29) is 5.91 Å². The number of methoxy groups -OCH3 is 1. The van der Waals surface area contributed by atoms with Crippen molar-refractivity contribution in [1.29, 1.82) is 0 Å². The largest absolute Gasteiger partial charge is 0.497 e. The van der Waals surface area contributed by atoms with Crippen LogP contribution in [0.1, 0.15) is 11.1 Å². The second-order valence-electron chi connectivity index (χ2n) is 5.42. The molecule has 5 nitrogen and oxygen atoms in total. The highest BCUT2D eigenvalue weighted by molar-refractivity contribution is 5.92. The number of ether oxygens (including phenoxy) is 2. The lowest BCUT2D eigenvalue weighted by Gasteiger charge is -2.10. The highest BCUT2D eigenvalue weighted by Crippen LogP contribution is 2.24. The maximum atomic E-state index is 12.2. The number of nitrogens with one attached hydrogen (secondary N) is 2. The molecule has 0 aliphatic carbocycles. The third-order valence-corrected chi connectivity index (χ3v) is 3.72. The molecule has 3 rings (SSSR count). The summed E-state index contributed by atoms with van der Waals surface area (Å²) < 4.78 is 10.8. The number of rotatable bonds is 4. The molecule has 0 aromatic heterocycles. The Morgan fingerprint density at radius 2 is 2.09 bits per heavy atom. The van der Waals surface area contributed by atoms with Crippen molar-refractivity contribution in [3.63, 3.8) is 0 Å². The predicted octanol–water partition coefficient (Wildman–Crippen LogP) is 2.36. The van der Waals surface area contributed by atoms with Gasteiger partial charge in [0.25, 0.3) is 0 Å². The summed E-state index contributed by atoms with van der Waals surface area (Å²) in [6, 6.07) is 13.2. The number of amides is 1. The van der Waals surface area contributed by atoms with E-state index in [2.05, 4.69) is 10.6 Å². The van der Waals surface area contributed by atoms with Crippen LogP contribution in [0.5, 0.6) is 11.5 Å². The van der Waals surface area contributed by atoms with E-state index < -0.39 is 0 Å². The van der Waals surface area contributed by atoms with Crippen molar-refractivity contribution < 1.29 is 14.3 Å². The fourth-order valence-electron chi connectivity index (χ4n) is 2.53. The number of hydrogen-bond donors (Lipinski definition) is 2. The van der Waals surface area contributed by atoms with Gasteiger partial charge in [0, 0.05) is 24.3 Å². The average molecular weight is 312 g/mol. The Kier molecular flexibility index (Phi) is 4.78. The molecule has 1 amide bonds. The van der Waals surface area contributed by atoms with Crippen LogP contribution in [-0.2, 0) is 17.8 Å². The van der Waals surface area contributed by atoms with Gasteiger partial charge in [-0.15, -0.1) is 0 Å². The third kappa shape index (κ3) is 4.02. The molecule has 2 aromatic carbocycles. The number of benzene rings is 2. The van der Waals surface area contributed by atoms with Crippen molar-refractivity contribution in [2.45, 2.75) is 13.0 Å². The van der Waals surface area contributed by atoms with Crippen LogP contribution in [0, 0.1) is 0 Å². The summed E-state index contributed by atoms with van der Waals surface area (Å²) in [5.41, 5.74) is 2.79. The van der Waals surface area contributed by atoms with Gasteiger partial charge in [-0.25, -0.2) is 0 Å². The van der Waals surface area contributed by atoms with Gasteiger partial charge in [-0.3, -0.25) is 4.79 Å². The number of hydrogen-bond acceptors (Lipinski definition) is 4. The van der Waals surface area contributed by atoms with Gasteiger partial charge in [-0.1, -0.05) is 12.1 Å². The first-order valence-corrected chi connectivity index (χ1v) is 7.64. The topological polar surface area (TPSA) is 59.6 Å². The Morgan fingerprint density at radius 3 is 2.87 bits per heavy atom. The minimum atomic E-state index is -0.0439. The lowest BCUT2D eigenvalue weighted by Crippen LogP contribution is -2.16. The monoisotopic (exact) mass is 312 g/mol. The molecular formula is C18H20N2O3. The molecule has 0 unspecified atom stereocenters. The van der Waals surface area contributed by atoms with E-state index in [1.165, 1.54) is 0 Å². The van der Waals surface area contributed by atoms with E-state index >= 15 is 0 Å². The Bertz CT molecular complexity index is 683. The van der Waals surface area contributed by atoms with E-state index in [9.17, 15) is 4.79 Å². The van der Waals surface area contributed by atoms with Crippen molar-refractivity contribution in [2.24, 2.45) is 0 Å². The minimum Gasteiger partial charge on any atom is -0.497 e. The lowest BCUT2D eigenvalue weighted by atomic mass is 10.1. The summed E-state index contributed by atoms with van der Waals surface area (Å²) >= 11 is 0. The Morgan fingerprint density at radius 1 is 1.26 bits per heavy atom. The molecule has 2 N–H and O–H groups in total. The summed E-state index contributed by atoms with van der Waals surface area (Å²) in [4.78, 5) is 12.2. The van der Waals surface area contributed by atoms with Crippen LogP contribution in [0.25, 0.3) is 0 Å². The number of carbonyl (C=O) groups excluding carboxylic acids is 1. The predicted molar refractivity (Wildman–Crippen MR) is 89.0 cm³/mol. The molecule has 0 bridgehead atoms. The molecule has 5 heteroatoms. The first-order valence-electron chi connectivity index (χ1n) is 7.64. The van der Waals surface area contributed by atoms with Crippen LogP contribution < -0.4 is 20.1 Å². The van der Waals surface area contributed by atoms with Gasteiger partial charge in [0.05, 0.1) is 13.5 Å². The fraction of sp³-hybridized carbons (Fsp3) is 0.278. The first-order chi connectivity index (χ1) is 11.2. The normalized spacial score (nSPS) is 13.4. The fourth-order valence-corrected chi connectivity index (χ4v) is 2.53. The second kappa shape index (κ2) is 7.15. The maximum absolute atomic E-state index is 12.2. The van der Waals surface area contributed by atoms with Gasteiger partial charge in [-0.2, -0.15) is 0 Å². The van der Waals surface area contributed by atoms with Crippen LogP contribution in [-0.4, -0.2) is 26.2 Å². The van der Waals surface area contributed by atoms with Crippen LogP contribution in [0.15, 0.2) is 42.5 Å². The molecule has 0 spiro atoms. The van der Waals surface area contributed by atoms with E-state index in [1.54, 1.807) is 7.11 Å². The molecule has 2 aromatic rings. The third-order valence-electron chi connectivity index (χ3n) is 3.72. The second-order valence-corrected chi connectivity index (χ2v) is 5.42. The van der Waals surface area contributed by atoms with Crippen LogP contribution in [0.2, 0.25) is 0 Å². The van der Waals surface area contributed by atoms with Gasteiger partial charge < -0.3 is 20.1 Å². The molecule has 0 atom stereocenters. The zero-order valence-electron chi connectivity index (χ0n) is 13.1. The van der Waals surface area contributed by atoms with Gasteiger partial charge in [0.2, 0.25) is 5.91 Å². The first kappa shape index (κ1) is 15.4. The van der Waals surface area contributed by atoms with E-state index in [4.69, 9.17) is 9.47 Å². The van der Waals surface area contributed by atoms with Crippen LogP contribution in [0.4, 0.5) is 5.69 Å². The maximum Gasteiger partial charge on any atom is 0.228 e. The Labute approximate surface area is 135 Å². The average Bonchev–Trinajstić information content (AvgIpc) is 2.80. The minimum absolute atomic E-state index is 0.0439. The number of carbonyl (C=O) groups is 1. The summed E-state index contributed by atoms with van der Waals surface area (Å²) in [6.45, 7) is 2.24. The van der Waals surface area contributed by atoms with E-state index in [1.807, 2.05) is 42.5 Å². The molecular weight excluding hydrogens is 292 g/mol. The highest BCUT2D eigenvalue weighted by atomic mass is 16.5. The van der Waals surface area contributed by atoms with E-state index in [0.29, 0.717) is 13.0 Å². The molecule has 1 heterocycles. The van der Waals surface area contributed by atoms with Crippen LogP contribution >= 0.6 is 0 Å². The lowest BCUT2D eigenvalue weighted by molar-refractivity contribution is -0.115. The summed E-state index contributed by atoms with van der Waals surface area (Å²) in [5.74, 6) is 1.62. The summed E-state index contributed by atoms with van der Waals surface area (Å²) in [7, 11) is 1.62. The van der Waals surface area contributed by atoms with Crippen molar-refractivity contribution in [3.05, 3.63) is 53.6 Å². The van der Waals surface area contributed by atoms with Crippen molar-refractivity contribution in [2.75, 3.05) is 25.6 Å². The molecule has 120 valence electrons. The van der Waals surface area contributed by atoms with Gasteiger partial charge in [-0.05, 0) is 35.9 Å².